The van der Waals surface area contributed by atoms with E-state index in [1.165, 1.54) is 0 Å². The smallest absolute Gasteiger partial charge is 0.224 e. The summed E-state index contributed by atoms with van der Waals surface area (Å²) in [6.45, 7) is 5.59. The number of hydrogen-bond acceptors (Lipinski definition) is 5. The third-order valence-electron chi connectivity index (χ3n) is 7.24. The Hall–Kier alpha value is -3.03. The average molecular weight is 505 g/mol. The number of rotatable bonds is 7. The zero-order valence-corrected chi connectivity index (χ0v) is 22.4. The number of hydrogen-bond donors (Lipinski definition) is 2. The molecule has 190 valence electrons. The highest BCUT2D eigenvalue weighted by molar-refractivity contribution is 7.08. The number of nitrogens with zero attached hydrogens (tertiary/aromatic N) is 2. The molecule has 1 aliphatic carbocycles. The van der Waals surface area contributed by atoms with Crippen LogP contribution in [-0.4, -0.2) is 34.8 Å². The maximum Gasteiger partial charge on any atom is 0.224 e. The number of carbonyl (C=O) groups is 2. The summed E-state index contributed by atoms with van der Waals surface area (Å²) in [5, 5.41) is 7.22. The summed E-state index contributed by atoms with van der Waals surface area (Å²) >= 11 is 1.63. The van der Waals surface area contributed by atoms with Gasteiger partial charge in [0.15, 0.2) is 0 Å². The normalized spacial score (nSPS) is 18.0. The van der Waals surface area contributed by atoms with Crippen LogP contribution in [0.3, 0.4) is 0 Å². The molecular formula is C29H36N4O2S. The zero-order chi connectivity index (χ0) is 25.9. The number of nitrogens with one attached hydrogen (secondary N) is 1. The number of pyridine rings is 1. The molecule has 0 spiro atoms. The highest BCUT2D eigenvalue weighted by Crippen LogP contribution is 2.35. The second kappa shape index (κ2) is 10.9. The molecule has 36 heavy (non-hydrogen) atoms. The first-order valence-electron chi connectivity index (χ1n) is 12.6. The van der Waals surface area contributed by atoms with Crippen LogP contribution in [0.5, 0.6) is 0 Å². The topological polar surface area (TPSA) is 88.3 Å². The van der Waals surface area contributed by atoms with Crippen LogP contribution in [0.1, 0.15) is 58.4 Å². The molecule has 0 atom stereocenters. The maximum absolute atomic E-state index is 12.9. The average Bonchev–Trinajstić information content (AvgIpc) is 3.38. The van der Waals surface area contributed by atoms with Gasteiger partial charge in [-0.05, 0) is 79.5 Å². The third-order valence-corrected chi connectivity index (χ3v) is 7.92. The predicted molar refractivity (Wildman–Crippen MR) is 148 cm³/mol. The molecule has 6 nitrogen and oxygen atoms in total. The molecule has 2 aromatic heterocycles. The van der Waals surface area contributed by atoms with Crippen molar-refractivity contribution in [3.05, 3.63) is 58.9 Å². The lowest BCUT2D eigenvalue weighted by Crippen LogP contribution is -2.38. The number of nitrogens with two attached hydrogens (primary N) is 1. The van der Waals surface area contributed by atoms with Crippen molar-refractivity contribution in [2.45, 2.75) is 64.5 Å². The molecule has 1 saturated carbocycles. The molecule has 3 aromatic rings. The van der Waals surface area contributed by atoms with Crippen LogP contribution in [0.2, 0.25) is 0 Å². The van der Waals surface area contributed by atoms with Gasteiger partial charge in [-0.3, -0.25) is 14.6 Å². The standard InChI is InChI=1S/C29H36N4O2S/c1-19(34)33(4)25-11-5-20(6-12-25)15-27(35)32-24-16-26(22-13-14-36-18-22)28(31-17-24)21-7-9-23(10-8-21)29(2,3)30/h7-10,13-14,16-18,20,25H,5-6,11-12,15,30H2,1-4H3,(H,32,35). The van der Waals surface area contributed by atoms with Crippen molar-refractivity contribution in [2.24, 2.45) is 11.7 Å². The monoisotopic (exact) mass is 504 g/mol. The van der Waals surface area contributed by atoms with Crippen LogP contribution < -0.4 is 11.1 Å². The van der Waals surface area contributed by atoms with E-state index in [4.69, 9.17) is 10.7 Å². The predicted octanol–water partition coefficient (Wildman–Crippen LogP) is 6.04. The Labute approximate surface area is 217 Å². The fourth-order valence-corrected chi connectivity index (χ4v) is 5.58. The molecule has 0 aliphatic heterocycles. The van der Waals surface area contributed by atoms with Gasteiger partial charge < -0.3 is 16.0 Å². The summed E-state index contributed by atoms with van der Waals surface area (Å²) in [6.07, 6.45) is 6.05. The fourth-order valence-electron chi connectivity index (χ4n) is 4.93. The lowest BCUT2D eigenvalue weighted by molar-refractivity contribution is -0.130. The van der Waals surface area contributed by atoms with Gasteiger partial charge in [0, 0.05) is 43.1 Å². The first-order chi connectivity index (χ1) is 17.1. The van der Waals surface area contributed by atoms with E-state index in [2.05, 4.69) is 28.9 Å². The quantitative estimate of drug-likeness (QED) is 0.411. The summed E-state index contributed by atoms with van der Waals surface area (Å²) in [4.78, 5) is 31.1. The van der Waals surface area contributed by atoms with Crippen LogP contribution in [-0.2, 0) is 15.1 Å². The lowest BCUT2D eigenvalue weighted by Gasteiger charge is -2.34. The van der Waals surface area contributed by atoms with Crippen molar-refractivity contribution in [3.63, 3.8) is 0 Å². The van der Waals surface area contributed by atoms with Gasteiger partial charge in [-0.1, -0.05) is 24.3 Å². The van der Waals surface area contributed by atoms with Crippen molar-refractivity contribution in [3.8, 4) is 22.4 Å². The summed E-state index contributed by atoms with van der Waals surface area (Å²) in [5.41, 5.74) is 11.6. The molecule has 3 N–H and O–H groups in total. The van der Waals surface area contributed by atoms with Gasteiger partial charge in [0.05, 0.1) is 17.6 Å². The highest BCUT2D eigenvalue weighted by Gasteiger charge is 2.26. The van der Waals surface area contributed by atoms with Crippen LogP contribution in [0.15, 0.2) is 53.4 Å². The molecule has 2 heterocycles. The third kappa shape index (κ3) is 6.20. The van der Waals surface area contributed by atoms with E-state index >= 15 is 0 Å². The first-order valence-corrected chi connectivity index (χ1v) is 13.5. The van der Waals surface area contributed by atoms with E-state index in [1.807, 2.05) is 49.4 Å². The maximum atomic E-state index is 12.9. The zero-order valence-electron chi connectivity index (χ0n) is 21.6. The van der Waals surface area contributed by atoms with Gasteiger partial charge in [-0.2, -0.15) is 11.3 Å². The van der Waals surface area contributed by atoms with E-state index in [0.717, 1.165) is 53.6 Å². The largest absolute Gasteiger partial charge is 0.343 e. The van der Waals surface area contributed by atoms with Gasteiger partial charge >= 0.3 is 0 Å². The minimum atomic E-state index is -0.404. The molecule has 0 bridgehead atoms. The fraction of sp³-hybridized carbons (Fsp3) is 0.414. The number of amides is 2. The van der Waals surface area contributed by atoms with E-state index in [0.29, 0.717) is 18.0 Å². The van der Waals surface area contributed by atoms with Crippen LogP contribution in [0, 0.1) is 5.92 Å². The molecule has 7 heteroatoms. The molecule has 1 aliphatic rings. The molecule has 2 amide bonds. The second-order valence-electron chi connectivity index (χ2n) is 10.5. The molecule has 0 radical (unpaired) electrons. The van der Waals surface area contributed by atoms with Gasteiger partial charge in [-0.25, -0.2) is 0 Å². The van der Waals surface area contributed by atoms with Gasteiger partial charge in [-0.15, -0.1) is 0 Å². The number of benzene rings is 1. The van der Waals surface area contributed by atoms with Gasteiger partial charge in [0.2, 0.25) is 11.8 Å². The first kappa shape index (κ1) is 26.0. The minimum absolute atomic E-state index is 0.0127. The van der Waals surface area contributed by atoms with E-state index in [-0.39, 0.29) is 17.9 Å². The highest BCUT2D eigenvalue weighted by atomic mass is 32.1. The van der Waals surface area contributed by atoms with E-state index in [9.17, 15) is 9.59 Å². The van der Waals surface area contributed by atoms with Gasteiger partial charge in [0.25, 0.3) is 0 Å². The summed E-state index contributed by atoms with van der Waals surface area (Å²) in [5.74, 6) is 0.460. The number of carbonyl (C=O) groups excluding carboxylic acids is 2. The molecular weight excluding hydrogens is 468 g/mol. The molecule has 1 aromatic carbocycles. The van der Waals surface area contributed by atoms with Crippen LogP contribution >= 0.6 is 11.3 Å². The van der Waals surface area contributed by atoms with Crippen molar-refractivity contribution in [2.75, 3.05) is 12.4 Å². The van der Waals surface area contributed by atoms with Gasteiger partial charge in [0.1, 0.15) is 0 Å². The van der Waals surface area contributed by atoms with Crippen LogP contribution in [0.25, 0.3) is 22.4 Å². The lowest BCUT2D eigenvalue weighted by atomic mass is 9.83. The Kier molecular flexibility index (Phi) is 7.91. The molecule has 1 fully saturated rings. The Balaban J connectivity index is 1.47. The van der Waals surface area contributed by atoms with Crippen molar-refractivity contribution < 1.29 is 9.59 Å². The molecule has 0 unspecified atom stereocenters. The number of aromatic nitrogens is 1. The summed E-state index contributed by atoms with van der Waals surface area (Å²) in [6, 6.07) is 12.6. The molecule has 4 rings (SSSR count). The summed E-state index contributed by atoms with van der Waals surface area (Å²) in [7, 11) is 1.87. The summed E-state index contributed by atoms with van der Waals surface area (Å²) < 4.78 is 0. The number of anilines is 1. The molecule has 0 saturated heterocycles. The minimum Gasteiger partial charge on any atom is -0.343 e. The second-order valence-corrected chi connectivity index (χ2v) is 11.3. The Morgan fingerprint density at radius 3 is 2.39 bits per heavy atom. The van der Waals surface area contributed by atoms with E-state index in [1.54, 1.807) is 24.5 Å². The Bertz CT molecular complexity index is 1190. The Morgan fingerprint density at radius 1 is 1.11 bits per heavy atom. The Morgan fingerprint density at radius 2 is 1.81 bits per heavy atom. The number of thiophene rings is 1. The van der Waals surface area contributed by atoms with Crippen molar-refractivity contribution >= 4 is 28.8 Å². The van der Waals surface area contributed by atoms with Crippen LogP contribution in [0.4, 0.5) is 5.69 Å². The SMILES string of the molecule is CC(=O)N(C)C1CCC(CC(=O)Nc2cnc(-c3ccc(C(C)(C)N)cc3)c(-c3ccsc3)c2)CC1. The van der Waals surface area contributed by atoms with Crippen molar-refractivity contribution in [1.82, 2.24) is 9.88 Å². The van der Waals surface area contributed by atoms with E-state index < -0.39 is 5.54 Å². The van der Waals surface area contributed by atoms with Crippen molar-refractivity contribution in [1.29, 1.82) is 0 Å².